The van der Waals surface area contributed by atoms with E-state index < -0.39 is 169 Å². The third-order valence-corrected chi connectivity index (χ3v) is 14.4. The number of carbonyl (C=O) groups excluding carboxylic acids is 12. The van der Waals surface area contributed by atoms with E-state index in [0.717, 1.165) is 0 Å². The molecule has 12 amide bonds. The van der Waals surface area contributed by atoms with Crippen molar-refractivity contribution in [1.82, 2.24) is 63.0 Å². The van der Waals surface area contributed by atoms with Crippen LogP contribution in [0.15, 0.2) is 0 Å². The van der Waals surface area contributed by atoms with Gasteiger partial charge in [-0.05, 0) is 91.7 Å². The summed E-state index contributed by atoms with van der Waals surface area (Å²) in [7, 11) is 0. The van der Waals surface area contributed by atoms with Crippen LogP contribution in [-0.2, 0) is 62.2 Å². The van der Waals surface area contributed by atoms with Crippen LogP contribution < -0.4 is 53.2 Å². The van der Waals surface area contributed by atoms with Crippen molar-refractivity contribution in [2.45, 2.75) is 171 Å². The number of aliphatic hydroxyl groups is 3. The van der Waals surface area contributed by atoms with Gasteiger partial charge in [0.05, 0.1) is 32.3 Å². The molecule has 432 valence electrons. The van der Waals surface area contributed by atoms with E-state index in [1.807, 2.05) is 0 Å². The van der Waals surface area contributed by atoms with Crippen LogP contribution in [0, 0.1) is 0 Å². The summed E-state index contributed by atoms with van der Waals surface area (Å²) < 4.78 is 10.9. The van der Waals surface area contributed by atoms with Crippen molar-refractivity contribution in [3.8, 4) is 0 Å². The van der Waals surface area contributed by atoms with E-state index in [9.17, 15) is 72.9 Å². The van der Waals surface area contributed by atoms with Crippen LogP contribution in [0.2, 0.25) is 0 Å². The van der Waals surface area contributed by atoms with E-state index in [0.29, 0.717) is 25.0 Å². The van der Waals surface area contributed by atoms with E-state index in [4.69, 9.17) is 9.47 Å². The first-order chi connectivity index (χ1) is 36.4. The van der Waals surface area contributed by atoms with Gasteiger partial charge in [-0.2, -0.15) is 0 Å². The standard InChI is InChI=1S/C47H76N12O17S/c1-23-38(66)53-25(3)40(68)55-27(5)44(72)58-16-9-13-30(58)42(70)49-20-33(62)52-24(2)39(67)54-26(4)41(69)57-29(45(73)59-17-10-14-31(59)43(71)50-21-34(63)51-23)12-7-8-15-48-47(74)75-18-11-19-77-46-35(56-28(6)61)37(65)36(64)32(22-60)76-46/h23-27,29-32,35-37,46,60,64-65H,7-22H2,1-6H3,(H,48,74)(H,49,70)(H,50,71)(H,51,63)(H,52,62)(H,53,66)(H,54,67)(H,55,68)(H,56,61)(H,57,69)/t23-,24-,25-,26-,27-,29-,30-,31-,32+,35+,36+,37+,46-/m0/s1. The van der Waals surface area contributed by atoms with E-state index in [2.05, 4.69) is 53.2 Å². The second-order valence-corrected chi connectivity index (χ2v) is 20.6. The first-order valence-electron chi connectivity index (χ1n) is 25.8. The number of alkyl carbamates (subject to hydrolysis) is 1. The van der Waals surface area contributed by atoms with Crippen LogP contribution >= 0.6 is 11.8 Å². The molecule has 4 heterocycles. The summed E-state index contributed by atoms with van der Waals surface area (Å²) in [4.78, 5) is 160. The Morgan fingerprint density at radius 1 is 0.649 bits per heavy atom. The molecule has 4 rings (SSSR count). The molecule has 0 spiro atoms. The van der Waals surface area contributed by atoms with Gasteiger partial charge in [-0.1, -0.05) is 0 Å². The highest BCUT2D eigenvalue weighted by Gasteiger charge is 2.45. The quantitative estimate of drug-likeness (QED) is 0.0810. The number of hydrogen-bond acceptors (Lipinski definition) is 18. The summed E-state index contributed by atoms with van der Waals surface area (Å²) in [5, 5.41) is 55.4. The number of carbonyl (C=O) groups is 12. The van der Waals surface area contributed by atoms with Gasteiger partial charge in [0.15, 0.2) is 0 Å². The Morgan fingerprint density at radius 2 is 1.14 bits per heavy atom. The van der Waals surface area contributed by atoms with Gasteiger partial charge < -0.3 is 87.8 Å². The van der Waals surface area contributed by atoms with E-state index in [-0.39, 0.29) is 58.3 Å². The predicted octanol–water partition coefficient (Wildman–Crippen LogP) is -5.81. The van der Waals surface area contributed by atoms with Crippen molar-refractivity contribution in [1.29, 1.82) is 0 Å². The fourth-order valence-corrected chi connectivity index (χ4v) is 10.0. The Bertz CT molecular complexity index is 2160. The number of fused-ring (bicyclic) bond motifs is 2. The molecule has 0 unspecified atom stereocenters. The number of nitrogens with zero attached hydrogens (tertiary/aromatic N) is 2. The maximum absolute atomic E-state index is 14.2. The number of nitrogens with one attached hydrogen (secondary N) is 10. The first kappa shape index (κ1) is 63.2. The molecule has 4 aliphatic rings. The number of amides is 12. The summed E-state index contributed by atoms with van der Waals surface area (Å²) in [6, 6.07) is -10.2. The molecule has 77 heavy (non-hydrogen) atoms. The van der Waals surface area contributed by atoms with Gasteiger partial charge >= 0.3 is 6.09 Å². The minimum Gasteiger partial charge on any atom is -0.450 e. The monoisotopic (exact) mass is 1110 g/mol. The van der Waals surface area contributed by atoms with Crippen molar-refractivity contribution >= 4 is 82.8 Å². The minimum atomic E-state index is -1.43. The Labute approximate surface area is 449 Å². The van der Waals surface area contributed by atoms with Gasteiger partial charge in [0.1, 0.15) is 72.1 Å². The van der Waals surface area contributed by atoms with Crippen molar-refractivity contribution in [3.05, 3.63) is 0 Å². The molecule has 0 saturated carbocycles. The Kier molecular flexibility index (Phi) is 25.1. The molecule has 0 bridgehead atoms. The summed E-state index contributed by atoms with van der Waals surface area (Å²) in [5.74, 6) is -7.31. The van der Waals surface area contributed by atoms with Crippen molar-refractivity contribution in [2.24, 2.45) is 0 Å². The lowest BCUT2D eigenvalue weighted by Gasteiger charge is -2.42. The summed E-state index contributed by atoms with van der Waals surface area (Å²) in [5.41, 5.74) is -0.816. The van der Waals surface area contributed by atoms with Gasteiger partial charge in [-0.3, -0.25) is 52.7 Å². The summed E-state index contributed by atoms with van der Waals surface area (Å²) >= 11 is 1.18. The third kappa shape index (κ3) is 19.0. The molecule has 13 atom stereocenters. The number of rotatable bonds is 12. The fourth-order valence-electron chi connectivity index (χ4n) is 8.85. The zero-order chi connectivity index (χ0) is 57.1. The average molecular weight is 1110 g/mol. The molecule has 4 fully saturated rings. The topological polar surface area (TPSA) is 411 Å². The van der Waals surface area contributed by atoms with Crippen LogP contribution in [0.25, 0.3) is 0 Å². The molecular weight excluding hydrogens is 1040 g/mol. The SMILES string of the molecule is CC(=O)N[C@@H]1[C@@H](O)[C@H](O)[C@@H](CO)O[C@H]1SCCCOC(=O)NCCCC[C@@H]1NC(=O)[C@H](C)NC(=O)[C@H](C)NC(=O)CNC(=O)[C@@H]2CCCN2C(=O)[C@H](C)NC(=O)[C@H](C)NC(=O)[C@H](C)NC(=O)CNC(=O)[C@@H]2CCCN2C1=O. The second-order valence-electron chi connectivity index (χ2n) is 19.4. The molecule has 0 radical (unpaired) electrons. The first-order valence-corrected chi connectivity index (χ1v) is 26.9. The zero-order valence-electron chi connectivity index (χ0n) is 44.2. The van der Waals surface area contributed by atoms with Gasteiger partial charge in [0.2, 0.25) is 65.0 Å². The second kappa shape index (κ2) is 30.5. The van der Waals surface area contributed by atoms with Crippen LogP contribution in [0.3, 0.4) is 0 Å². The van der Waals surface area contributed by atoms with E-state index in [1.54, 1.807) is 0 Å². The predicted molar refractivity (Wildman–Crippen MR) is 271 cm³/mol. The van der Waals surface area contributed by atoms with Gasteiger partial charge in [-0.15, -0.1) is 11.8 Å². The number of aliphatic hydroxyl groups excluding tert-OH is 3. The fraction of sp³-hybridized carbons (Fsp3) is 0.745. The van der Waals surface area contributed by atoms with Crippen molar-refractivity contribution < 1.29 is 82.3 Å². The molecule has 30 heteroatoms. The van der Waals surface area contributed by atoms with Crippen LogP contribution in [0.1, 0.15) is 92.9 Å². The number of hydrogen-bond donors (Lipinski definition) is 13. The molecule has 0 aromatic carbocycles. The lowest BCUT2D eigenvalue weighted by molar-refractivity contribution is -0.173. The van der Waals surface area contributed by atoms with E-state index >= 15 is 0 Å². The molecule has 0 aromatic heterocycles. The maximum Gasteiger partial charge on any atom is 0.407 e. The molecule has 29 nitrogen and oxygen atoms in total. The molecule has 0 aromatic rings. The Balaban J connectivity index is 1.39. The maximum atomic E-state index is 14.2. The average Bonchev–Trinajstić information content (AvgIpc) is 4.09. The molecule has 0 aliphatic carbocycles. The molecular formula is C47H76N12O17S. The highest BCUT2D eigenvalue weighted by molar-refractivity contribution is 7.99. The number of thioether (sulfide) groups is 1. The third-order valence-electron chi connectivity index (χ3n) is 13.2. The van der Waals surface area contributed by atoms with Crippen LogP contribution in [-0.4, -0.2) is 226 Å². The van der Waals surface area contributed by atoms with Crippen molar-refractivity contribution in [2.75, 3.05) is 51.7 Å². The molecule has 4 aliphatic heterocycles. The largest absolute Gasteiger partial charge is 0.450 e. The lowest BCUT2D eigenvalue weighted by atomic mass is 9.98. The van der Waals surface area contributed by atoms with Gasteiger partial charge in [0, 0.05) is 26.6 Å². The Morgan fingerprint density at radius 3 is 1.66 bits per heavy atom. The van der Waals surface area contributed by atoms with Crippen LogP contribution in [0.4, 0.5) is 4.79 Å². The number of ether oxygens (including phenoxy) is 2. The van der Waals surface area contributed by atoms with E-state index in [1.165, 1.54) is 63.1 Å². The van der Waals surface area contributed by atoms with Gasteiger partial charge in [0.25, 0.3) is 0 Å². The Hall–Kier alpha value is -6.37. The smallest absolute Gasteiger partial charge is 0.407 e. The molecule has 13 N–H and O–H groups in total. The zero-order valence-corrected chi connectivity index (χ0v) is 45.0. The lowest BCUT2D eigenvalue weighted by Crippen LogP contribution is -2.63. The summed E-state index contributed by atoms with van der Waals surface area (Å²) in [6.07, 6.45) is -2.48. The molecule has 4 saturated heterocycles. The van der Waals surface area contributed by atoms with Crippen LogP contribution in [0.5, 0.6) is 0 Å². The summed E-state index contributed by atoms with van der Waals surface area (Å²) in [6.45, 7) is 6.66. The highest BCUT2D eigenvalue weighted by atomic mass is 32.2. The highest BCUT2D eigenvalue weighted by Crippen LogP contribution is 2.29. The minimum absolute atomic E-state index is 0.00221. The number of unbranched alkanes of at least 4 members (excludes halogenated alkanes) is 1. The van der Waals surface area contributed by atoms with Gasteiger partial charge in [-0.25, -0.2) is 4.79 Å². The normalized spacial score (nSPS) is 31.2. The van der Waals surface area contributed by atoms with Crippen molar-refractivity contribution in [3.63, 3.8) is 0 Å².